The molecule has 3 heterocycles. The molecule has 0 bridgehead atoms. The van der Waals surface area contributed by atoms with Gasteiger partial charge in [-0.1, -0.05) is 0 Å². The average Bonchev–Trinajstić information content (AvgIpc) is 3.22. The minimum absolute atomic E-state index is 0. The molecule has 0 saturated heterocycles. The van der Waals surface area contributed by atoms with Crippen LogP contribution in [0.2, 0.25) is 0 Å². The molecular weight excluding hydrogens is 442 g/mol. The van der Waals surface area contributed by atoms with Gasteiger partial charge in [-0.15, -0.1) is 12.4 Å². The van der Waals surface area contributed by atoms with E-state index in [4.69, 9.17) is 28.1 Å². The maximum absolute atomic E-state index is 11.7. The summed E-state index contributed by atoms with van der Waals surface area (Å²) in [4.78, 5) is 11.7. The predicted molar refractivity (Wildman–Crippen MR) is 119 cm³/mol. The molecule has 2 aromatic carbocycles. The van der Waals surface area contributed by atoms with Crippen LogP contribution in [0.25, 0.3) is 11.0 Å². The molecule has 32 heavy (non-hydrogen) atoms. The van der Waals surface area contributed by atoms with Crippen molar-refractivity contribution in [1.82, 2.24) is 5.32 Å². The largest absolute Gasteiger partial charge is 0.493 e. The summed E-state index contributed by atoms with van der Waals surface area (Å²) in [5.74, 6) is 3.38. The van der Waals surface area contributed by atoms with E-state index in [2.05, 4.69) is 5.32 Å². The Morgan fingerprint density at radius 2 is 1.78 bits per heavy atom. The minimum atomic E-state index is -0.0813. The molecular formula is C22H24ClNO8. The van der Waals surface area contributed by atoms with E-state index in [0.29, 0.717) is 59.5 Å². The summed E-state index contributed by atoms with van der Waals surface area (Å²) >= 11 is 0. The van der Waals surface area contributed by atoms with E-state index in [1.165, 1.54) is 12.3 Å². The molecule has 2 aliphatic heterocycles. The van der Waals surface area contributed by atoms with Crippen LogP contribution in [0.3, 0.4) is 0 Å². The topological polar surface area (TPSA) is 120 Å². The fourth-order valence-electron chi connectivity index (χ4n) is 3.41. The number of rotatable bonds is 7. The highest BCUT2D eigenvalue weighted by atomic mass is 35.5. The molecule has 0 fully saturated rings. The van der Waals surface area contributed by atoms with Crippen LogP contribution in [0.5, 0.6) is 28.7 Å². The van der Waals surface area contributed by atoms with E-state index in [1.807, 2.05) is 6.07 Å². The van der Waals surface area contributed by atoms with Crippen LogP contribution in [-0.2, 0) is 0 Å². The second-order valence-corrected chi connectivity index (χ2v) is 7.05. The van der Waals surface area contributed by atoms with Gasteiger partial charge >= 0.3 is 0 Å². The Morgan fingerprint density at radius 3 is 2.62 bits per heavy atom. The van der Waals surface area contributed by atoms with Gasteiger partial charge in [-0.05, 0) is 25.1 Å². The molecule has 9 nitrogen and oxygen atoms in total. The molecule has 0 amide bonds. The molecule has 3 aromatic rings. The fourth-order valence-corrected chi connectivity index (χ4v) is 3.41. The number of fused-ring (bicyclic) bond motifs is 3. The van der Waals surface area contributed by atoms with Crippen molar-refractivity contribution in [3.05, 3.63) is 52.9 Å². The number of nitrogens with one attached hydrogen (secondary N) is 1. The van der Waals surface area contributed by atoms with E-state index >= 15 is 0 Å². The first kappa shape index (κ1) is 23.5. The van der Waals surface area contributed by atoms with Crippen molar-refractivity contribution >= 4 is 23.4 Å². The molecule has 0 saturated carbocycles. The van der Waals surface area contributed by atoms with Crippen LogP contribution in [0, 0.1) is 0 Å². The Kier molecular flexibility index (Phi) is 7.68. The molecule has 2 aliphatic rings. The lowest BCUT2D eigenvalue weighted by molar-refractivity contribution is 0.0899. The van der Waals surface area contributed by atoms with E-state index in [0.717, 1.165) is 13.0 Å². The highest BCUT2D eigenvalue weighted by Gasteiger charge is 2.25. The Labute approximate surface area is 189 Å². The summed E-state index contributed by atoms with van der Waals surface area (Å²) in [6.07, 6.45) is 2.13. The van der Waals surface area contributed by atoms with Gasteiger partial charge in [0.2, 0.25) is 6.79 Å². The van der Waals surface area contributed by atoms with Crippen LogP contribution in [-0.4, -0.2) is 44.7 Å². The minimum Gasteiger partial charge on any atom is -0.493 e. The Bertz CT molecular complexity index is 1120. The molecule has 0 aliphatic carbocycles. The Morgan fingerprint density at radius 1 is 1.00 bits per heavy atom. The van der Waals surface area contributed by atoms with Gasteiger partial charge in [0.05, 0.1) is 18.3 Å². The zero-order valence-electron chi connectivity index (χ0n) is 17.1. The number of hydrogen-bond acceptors (Lipinski definition) is 8. The number of ether oxygens (including phenoxy) is 5. The monoisotopic (exact) mass is 465 g/mol. The van der Waals surface area contributed by atoms with Gasteiger partial charge in [-0.2, -0.15) is 0 Å². The molecule has 1 aromatic heterocycles. The third-order valence-corrected chi connectivity index (χ3v) is 4.93. The maximum atomic E-state index is 11.7. The second-order valence-electron chi connectivity index (χ2n) is 7.05. The zero-order valence-corrected chi connectivity index (χ0v) is 17.9. The van der Waals surface area contributed by atoms with Gasteiger partial charge < -0.3 is 38.9 Å². The summed E-state index contributed by atoms with van der Waals surface area (Å²) < 4.78 is 33.6. The lowest BCUT2D eigenvalue weighted by atomic mass is 10.2. The number of halogens is 1. The van der Waals surface area contributed by atoms with Crippen LogP contribution in [0.15, 0.2) is 51.9 Å². The molecule has 0 spiro atoms. The van der Waals surface area contributed by atoms with Crippen molar-refractivity contribution < 1.29 is 33.6 Å². The summed E-state index contributed by atoms with van der Waals surface area (Å²) in [6, 6.07) is 10.3. The van der Waals surface area contributed by atoms with Gasteiger partial charge in [0.15, 0.2) is 28.4 Å². The lowest BCUT2D eigenvalue weighted by Crippen LogP contribution is -2.39. The van der Waals surface area contributed by atoms with E-state index in [1.54, 1.807) is 24.3 Å². The number of hydrogen-bond donors (Lipinski definition) is 1. The third kappa shape index (κ3) is 5.01. The SMILES string of the molecule is Cl.O.O=c1ccoc2cc(OCCCNCC3COc4cc5c(cc4O3)OCO5)ccc12. The molecule has 1 unspecified atom stereocenters. The van der Waals surface area contributed by atoms with E-state index < -0.39 is 0 Å². The smallest absolute Gasteiger partial charge is 0.231 e. The normalized spacial score (nSPS) is 15.6. The van der Waals surface area contributed by atoms with Crippen LogP contribution in [0.4, 0.5) is 0 Å². The van der Waals surface area contributed by atoms with E-state index in [9.17, 15) is 4.79 Å². The first-order valence-electron chi connectivity index (χ1n) is 9.84. The first-order chi connectivity index (χ1) is 14.8. The molecule has 0 radical (unpaired) electrons. The highest BCUT2D eigenvalue weighted by molar-refractivity contribution is 5.85. The van der Waals surface area contributed by atoms with Gasteiger partial charge in [0.1, 0.15) is 24.0 Å². The lowest BCUT2D eigenvalue weighted by Gasteiger charge is -2.27. The first-order valence-corrected chi connectivity index (χ1v) is 9.84. The highest BCUT2D eigenvalue weighted by Crippen LogP contribution is 2.43. The van der Waals surface area contributed by atoms with E-state index in [-0.39, 0.29) is 36.2 Å². The fraction of sp³-hybridized carbons (Fsp3) is 0.318. The molecule has 3 N–H and O–H groups in total. The predicted octanol–water partition coefficient (Wildman–Crippen LogP) is 2.32. The van der Waals surface area contributed by atoms with Crippen molar-refractivity contribution in [3.8, 4) is 28.7 Å². The van der Waals surface area contributed by atoms with Crippen molar-refractivity contribution in [2.24, 2.45) is 0 Å². The van der Waals surface area contributed by atoms with Crippen molar-refractivity contribution in [2.45, 2.75) is 12.5 Å². The second kappa shape index (κ2) is 10.4. The summed E-state index contributed by atoms with van der Waals surface area (Å²) in [6.45, 7) is 2.67. The summed E-state index contributed by atoms with van der Waals surface area (Å²) in [5.41, 5.74) is 0.462. The summed E-state index contributed by atoms with van der Waals surface area (Å²) in [5, 5.41) is 3.91. The van der Waals surface area contributed by atoms with Crippen LogP contribution < -0.4 is 34.4 Å². The van der Waals surface area contributed by atoms with Gasteiger partial charge in [0.25, 0.3) is 0 Å². The molecule has 172 valence electrons. The summed E-state index contributed by atoms with van der Waals surface area (Å²) in [7, 11) is 0. The van der Waals surface area contributed by atoms with Crippen molar-refractivity contribution in [2.75, 3.05) is 33.1 Å². The number of benzene rings is 2. The van der Waals surface area contributed by atoms with Gasteiger partial charge in [-0.25, -0.2) is 0 Å². The van der Waals surface area contributed by atoms with Gasteiger partial charge in [0, 0.05) is 30.8 Å². The van der Waals surface area contributed by atoms with Crippen LogP contribution >= 0.6 is 12.4 Å². The standard InChI is InChI=1S/C22H21NO7.ClH.H2O/c24-17-4-7-26-18-8-14(2-3-16(17)18)25-6-1-5-23-11-15-12-27-21-9-19-20(29-13-28-19)10-22(21)30-15;;/h2-4,7-10,15,23H,1,5-6,11-13H2;1H;1H2. The zero-order chi connectivity index (χ0) is 20.3. The Hall–Kier alpha value is -3.14. The quantitative estimate of drug-likeness (QED) is 0.528. The van der Waals surface area contributed by atoms with Crippen LogP contribution in [0.1, 0.15) is 6.42 Å². The Balaban J connectivity index is 0.00000144. The van der Waals surface area contributed by atoms with Crippen molar-refractivity contribution in [3.63, 3.8) is 0 Å². The molecule has 1 atom stereocenters. The van der Waals surface area contributed by atoms with Crippen molar-refractivity contribution in [1.29, 1.82) is 0 Å². The average molecular weight is 466 g/mol. The molecule has 10 heteroatoms. The molecule has 5 rings (SSSR count). The van der Waals surface area contributed by atoms with Gasteiger partial charge in [-0.3, -0.25) is 4.79 Å². The maximum Gasteiger partial charge on any atom is 0.231 e. The third-order valence-electron chi connectivity index (χ3n) is 4.93.